The SMILES string of the molecule is Cc1ccoc1C(=Nc1ccccc1O[SiH](C)C)c1ccccc1. The third kappa shape index (κ3) is 3.66. The van der Waals surface area contributed by atoms with E-state index >= 15 is 0 Å². The van der Waals surface area contributed by atoms with Gasteiger partial charge < -0.3 is 8.84 Å². The molecule has 3 nitrogen and oxygen atoms in total. The minimum atomic E-state index is -1.21. The summed E-state index contributed by atoms with van der Waals surface area (Å²) in [4.78, 5) is 4.91. The second kappa shape index (κ2) is 7.32. The van der Waals surface area contributed by atoms with E-state index in [-0.39, 0.29) is 0 Å². The van der Waals surface area contributed by atoms with Gasteiger partial charge in [-0.05, 0) is 43.8 Å². The largest absolute Gasteiger partial charge is 0.546 e. The van der Waals surface area contributed by atoms with Crippen LogP contribution in [0.5, 0.6) is 5.75 Å². The van der Waals surface area contributed by atoms with E-state index in [4.69, 9.17) is 13.8 Å². The van der Waals surface area contributed by atoms with Crippen molar-refractivity contribution in [2.75, 3.05) is 0 Å². The third-order valence-corrected chi connectivity index (χ3v) is 4.31. The predicted molar refractivity (Wildman–Crippen MR) is 101 cm³/mol. The molecular weight excluding hydrogens is 314 g/mol. The number of benzene rings is 2. The van der Waals surface area contributed by atoms with E-state index in [9.17, 15) is 0 Å². The van der Waals surface area contributed by atoms with E-state index in [2.05, 4.69) is 13.1 Å². The maximum Gasteiger partial charge on any atom is 0.229 e. The summed E-state index contributed by atoms with van der Waals surface area (Å²) in [5.74, 6) is 1.62. The maximum absolute atomic E-state index is 6.03. The van der Waals surface area contributed by atoms with Crippen LogP contribution in [0.3, 0.4) is 0 Å². The molecule has 0 aliphatic carbocycles. The monoisotopic (exact) mass is 335 g/mol. The van der Waals surface area contributed by atoms with Crippen LogP contribution in [-0.2, 0) is 0 Å². The lowest BCUT2D eigenvalue weighted by Gasteiger charge is -2.13. The summed E-state index contributed by atoms with van der Waals surface area (Å²) in [5, 5.41) is 0. The molecule has 0 bridgehead atoms. The molecule has 0 saturated heterocycles. The van der Waals surface area contributed by atoms with Crippen molar-refractivity contribution in [1.29, 1.82) is 0 Å². The normalized spacial score (nSPS) is 11.8. The molecule has 4 heteroatoms. The highest BCUT2D eigenvalue weighted by Crippen LogP contribution is 2.30. The minimum absolute atomic E-state index is 0.790. The average Bonchev–Trinajstić information content (AvgIpc) is 3.00. The van der Waals surface area contributed by atoms with Crippen LogP contribution in [0, 0.1) is 6.92 Å². The molecule has 24 heavy (non-hydrogen) atoms. The number of furan rings is 1. The fourth-order valence-corrected chi connectivity index (χ4v) is 3.19. The van der Waals surface area contributed by atoms with Gasteiger partial charge >= 0.3 is 0 Å². The van der Waals surface area contributed by atoms with E-state index in [1.807, 2.05) is 67.6 Å². The number of para-hydroxylation sites is 2. The van der Waals surface area contributed by atoms with Crippen LogP contribution in [0.15, 0.2) is 76.3 Å². The Labute approximate surface area is 144 Å². The fraction of sp³-hybridized carbons (Fsp3) is 0.150. The molecule has 0 atom stereocenters. The first-order valence-corrected chi connectivity index (χ1v) is 10.9. The zero-order chi connectivity index (χ0) is 16.9. The molecule has 3 rings (SSSR count). The molecule has 0 unspecified atom stereocenters. The molecule has 1 aromatic heterocycles. The van der Waals surface area contributed by atoms with Crippen molar-refractivity contribution in [1.82, 2.24) is 0 Å². The third-order valence-electron chi connectivity index (χ3n) is 3.58. The second-order valence-electron chi connectivity index (χ2n) is 5.89. The molecule has 2 aromatic carbocycles. The average molecular weight is 335 g/mol. The number of hydrogen-bond donors (Lipinski definition) is 0. The summed E-state index contributed by atoms with van der Waals surface area (Å²) in [5.41, 5.74) is 3.73. The van der Waals surface area contributed by atoms with Gasteiger partial charge in [0.25, 0.3) is 0 Å². The number of aryl methyl sites for hydroxylation is 1. The van der Waals surface area contributed by atoms with Crippen LogP contribution >= 0.6 is 0 Å². The van der Waals surface area contributed by atoms with Gasteiger partial charge in [0.1, 0.15) is 17.1 Å². The van der Waals surface area contributed by atoms with Crippen LogP contribution in [0.25, 0.3) is 0 Å². The first-order valence-electron chi connectivity index (χ1n) is 8.09. The van der Waals surface area contributed by atoms with Gasteiger partial charge in [-0.3, -0.25) is 0 Å². The first-order chi connectivity index (χ1) is 11.6. The van der Waals surface area contributed by atoms with E-state index < -0.39 is 9.04 Å². The number of rotatable bonds is 5. The van der Waals surface area contributed by atoms with Gasteiger partial charge in [0.2, 0.25) is 9.04 Å². The van der Waals surface area contributed by atoms with Crippen molar-refractivity contribution in [3.8, 4) is 5.75 Å². The van der Waals surface area contributed by atoms with E-state index in [0.29, 0.717) is 0 Å². The standard InChI is InChI=1S/C20H21NO2Si/c1-15-13-14-22-20(15)19(16-9-5-4-6-10-16)21-17-11-7-8-12-18(17)23-24(2)3/h4-14,24H,1-3H3. The Balaban J connectivity index is 2.14. The summed E-state index contributed by atoms with van der Waals surface area (Å²) in [6.45, 7) is 6.32. The Morgan fingerprint density at radius 2 is 1.67 bits per heavy atom. The fourth-order valence-electron chi connectivity index (χ4n) is 2.48. The van der Waals surface area contributed by atoms with Crippen LogP contribution in [-0.4, -0.2) is 14.8 Å². The Hall–Kier alpha value is -2.59. The smallest absolute Gasteiger partial charge is 0.229 e. The Morgan fingerprint density at radius 1 is 0.958 bits per heavy atom. The van der Waals surface area contributed by atoms with Gasteiger partial charge in [0.15, 0.2) is 5.76 Å². The molecular formula is C20H21NO2Si. The van der Waals surface area contributed by atoms with Crippen LogP contribution < -0.4 is 4.43 Å². The zero-order valence-electron chi connectivity index (χ0n) is 14.2. The Morgan fingerprint density at radius 3 is 2.33 bits per heavy atom. The van der Waals surface area contributed by atoms with Crippen LogP contribution in [0.2, 0.25) is 13.1 Å². The molecule has 1 heterocycles. The molecule has 0 spiro atoms. The van der Waals surface area contributed by atoms with Gasteiger partial charge in [0.05, 0.1) is 6.26 Å². The van der Waals surface area contributed by atoms with Gasteiger partial charge in [0, 0.05) is 5.56 Å². The molecule has 0 saturated carbocycles. The highest BCUT2D eigenvalue weighted by atomic mass is 28.3. The zero-order valence-corrected chi connectivity index (χ0v) is 15.3. The lowest BCUT2D eigenvalue weighted by molar-refractivity contribution is 0.556. The van der Waals surface area contributed by atoms with Gasteiger partial charge in [-0.2, -0.15) is 0 Å². The van der Waals surface area contributed by atoms with Crippen molar-refractivity contribution in [3.05, 3.63) is 83.8 Å². The van der Waals surface area contributed by atoms with Crippen LogP contribution in [0.1, 0.15) is 16.9 Å². The van der Waals surface area contributed by atoms with Crippen LogP contribution in [0.4, 0.5) is 5.69 Å². The number of nitrogens with zero attached hydrogens (tertiary/aromatic N) is 1. The molecule has 0 aliphatic rings. The van der Waals surface area contributed by atoms with Crippen molar-refractivity contribution < 1.29 is 8.84 Å². The predicted octanol–water partition coefficient (Wildman–Crippen LogP) is 5.12. The summed E-state index contributed by atoms with van der Waals surface area (Å²) in [7, 11) is -1.21. The van der Waals surface area contributed by atoms with Crippen molar-refractivity contribution in [2.45, 2.75) is 20.0 Å². The Kier molecular flexibility index (Phi) is 4.96. The lowest BCUT2D eigenvalue weighted by Crippen LogP contribution is -2.11. The molecule has 0 radical (unpaired) electrons. The summed E-state index contributed by atoms with van der Waals surface area (Å²) in [6.07, 6.45) is 1.70. The van der Waals surface area contributed by atoms with Crippen molar-refractivity contribution in [2.24, 2.45) is 4.99 Å². The van der Waals surface area contributed by atoms with Gasteiger partial charge in [-0.15, -0.1) is 0 Å². The summed E-state index contributed by atoms with van der Waals surface area (Å²) < 4.78 is 11.7. The molecule has 0 fully saturated rings. The topological polar surface area (TPSA) is 34.7 Å². The Bertz CT molecular complexity index is 838. The van der Waals surface area contributed by atoms with Crippen molar-refractivity contribution >= 4 is 20.4 Å². The number of hydrogen-bond acceptors (Lipinski definition) is 3. The van der Waals surface area contributed by atoms with E-state index in [0.717, 1.165) is 34.0 Å². The number of aliphatic imine (C=N–C) groups is 1. The molecule has 0 amide bonds. The lowest BCUT2D eigenvalue weighted by atomic mass is 10.1. The maximum atomic E-state index is 6.03. The first kappa shape index (κ1) is 16.3. The second-order valence-corrected chi connectivity index (χ2v) is 8.23. The van der Waals surface area contributed by atoms with E-state index in [1.54, 1.807) is 6.26 Å². The summed E-state index contributed by atoms with van der Waals surface area (Å²) in [6, 6.07) is 20.0. The minimum Gasteiger partial charge on any atom is -0.546 e. The molecule has 122 valence electrons. The van der Waals surface area contributed by atoms with E-state index in [1.165, 1.54) is 0 Å². The molecule has 0 aliphatic heterocycles. The summed E-state index contributed by atoms with van der Waals surface area (Å²) >= 11 is 0. The molecule has 0 N–H and O–H groups in total. The van der Waals surface area contributed by atoms with Gasteiger partial charge in [-0.1, -0.05) is 42.5 Å². The molecule has 3 aromatic rings. The quantitative estimate of drug-likeness (QED) is 0.479. The van der Waals surface area contributed by atoms with Crippen molar-refractivity contribution in [3.63, 3.8) is 0 Å². The highest BCUT2D eigenvalue weighted by Gasteiger charge is 2.15. The van der Waals surface area contributed by atoms with Gasteiger partial charge in [-0.25, -0.2) is 4.99 Å². The highest BCUT2D eigenvalue weighted by molar-refractivity contribution is 6.49.